The molecule has 96 valence electrons. The molecule has 0 atom stereocenters. The van der Waals surface area contributed by atoms with Gasteiger partial charge < -0.3 is 57.5 Å². The summed E-state index contributed by atoms with van der Waals surface area (Å²) in [5, 5.41) is 0. The summed E-state index contributed by atoms with van der Waals surface area (Å²) in [5.74, 6) is 0. The van der Waals surface area contributed by atoms with E-state index in [2.05, 4.69) is 0 Å². The van der Waals surface area contributed by atoms with E-state index in [9.17, 15) is 0 Å². The zero-order valence-electron chi connectivity index (χ0n) is 8.79. The van der Waals surface area contributed by atoms with Crippen LogP contribution in [-0.4, -0.2) is 75.1 Å². The van der Waals surface area contributed by atoms with Gasteiger partial charge in [-0.1, -0.05) is 0 Å². The molecule has 17 heavy (non-hydrogen) atoms. The summed E-state index contributed by atoms with van der Waals surface area (Å²) < 4.78 is 0. The molecule has 0 aromatic carbocycles. The fourth-order valence-electron chi connectivity index (χ4n) is 0. The summed E-state index contributed by atoms with van der Waals surface area (Å²) in [6.45, 7) is 0. The molecule has 0 aromatic rings. The van der Waals surface area contributed by atoms with E-state index in [1.54, 1.807) is 0 Å². The smallest absolute Gasteiger partial charge is 0.828 e. The van der Waals surface area contributed by atoms with Gasteiger partial charge in [0.2, 0.25) is 0 Å². The molecule has 0 aliphatic heterocycles. The molecule has 0 unspecified atom stereocenters. The van der Waals surface area contributed by atoms with Crippen LogP contribution in [0.25, 0.3) is 0 Å². The molecule has 0 saturated carbocycles. The fraction of sp³-hybridized carbons (Fsp3) is 0. The monoisotopic (exact) mass is 364 g/mol. The van der Waals surface area contributed by atoms with Crippen LogP contribution >= 0.6 is 0 Å². The van der Waals surface area contributed by atoms with Gasteiger partial charge in [0, 0.05) is 0 Å². The van der Waals surface area contributed by atoms with Crippen molar-refractivity contribution in [2.75, 3.05) is 0 Å². The summed E-state index contributed by atoms with van der Waals surface area (Å²) >= 11 is 0. The second-order valence-corrected chi connectivity index (χ2v) is 5.25. The summed E-state index contributed by atoms with van der Waals surface area (Å²) in [7, 11) is -14.3. The molecule has 10 N–H and O–H groups in total. The minimum absolute atomic E-state index is 0. The van der Waals surface area contributed by atoms with Crippen LogP contribution in [0.1, 0.15) is 0 Å². The first-order valence-corrected chi connectivity index (χ1v) is 7.93. The molecular weight excluding hydrogens is 354 g/mol. The van der Waals surface area contributed by atoms with Crippen LogP contribution < -0.4 is 112 Å². The van der Waals surface area contributed by atoms with Gasteiger partial charge in [0.15, 0.2) is 0 Å². The van der Waals surface area contributed by atoms with Crippen molar-refractivity contribution in [1.29, 1.82) is 0 Å². The van der Waals surface area contributed by atoms with Crippen LogP contribution in [0.4, 0.5) is 0 Å². The first-order chi connectivity index (χ1) is 6.00. The van der Waals surface area contributed by atoms with E-state index < -0.39 is 27.1 Å². The van der Waals surface area contributed by atoms with Crippen LogP contribution in [0, 0.1) is 0 Å². The van der Waals surface area contributed by atoms with Crippen molar-refractivity contribution in [3.63, 3.8) is 0 Å². The van der Waals surface area contributed by atoms with Gasteiger partial charge in [-0.25, -0.2) is 0 Å². The predicted molar refractivity (Wildman–Crippen MR) is 39.5 cm³/mol. The molecule has 0 bridgehead atoms. The average Bonchev–Trinajstić information content (AvgIpc) is 1.41. The Balaban J connectivity index is -0.0000000400. The summed E-state index contributed by atoms with van der Waals surface area (Å²) in [4.78, 5) is 90.4. The van der Waals surface area contributed by atoms with Gasteiger partial charge in [0.25, 0.3) is 0 Å². The van der Waals surface area contributed by atoms with E-state index in [1.165, 1.54) is 0 Å². The Labute approximate surface area is 183 Å². The van der Waals surface area contributed by atoms with Crippen LogP contribution in [0.2, 0.25) is 0 Å². The second kappa shape index (κ2) is 14.4. The molecule has 0 aliphatic carbocycles. The minimum Gasteiger partial charge on any atom is -0.828 e. The SMILES string of the molecule is O[Si](O)(O)O.O[Si](O)(O)O.[K+].[K+].[O-][Si]([O-])(O)O. The van der Waals surface area contributed by atoms with Gasteiger partial charge in [0.05, 0.1) is 0 Å². The molecule has 0 saturated heterocycles. The van der Waals surface area contributed by atoms with Gasteiger partial charge in [-0.3, -0.25) is 0 Å². The van der Waals surface area contributed by atoms with E-state index in [0.717, 1.165) is 0 Å². The third kappa shape index (κ3) is 499. The fourth-order valence-corrected chi connectivity index (χ4v) is 0. The van der Waals surface area contributed by atoms with Crippen molar-refractivity contribution >= 4 is 27.1 Å². The maximum absolute atomic E-state index is 8.80. The molecule has 0 fully saturated rings. The third-order valence-electron chi connectivity index (χ3n) is 0. The Morgan fingerprint density at radius 1 is 0.471 bits per heavy atom. The summed E-state index contributed by atoms with van der Waals surface area (Å²) in [6, 6.07) is 0. The standard InChI is InChI=1S/2K.2H4O4Si.H2O4Si/c;;3*1-5(2,3)4/h;;2*1-4H;1-2H/q2*+1;;;-2. The Morgan fingerprint density at radius 3 is 0.471 bits per heavy atom. The number of rotatable bonds is 0. The van der Waals surface area contributed by atoms with Gasteiger partial charge >= 0.3 is 121 Å². The number of hydrogen-bond donors (Lipinski definition) is 10. The average molecular weight is 365 g/mol. The van der Waals surface area contributed by atoms with Crippen molar-refractivity contribution in [3.05, 3.63) is 0 Å². The molecular formula is H10K2O12Si3. The maximum atomic E-state index is 8.80. The van der Waals surface area contributed by atoms with E-state index in [1.807, 2.05) is 0 Å². The Kier molecular flexibility index (Phi) is 27.4. The predicted octanol–water partition coefficient (Wildman–Crippen LogP) is -15.1. The summed E-state index contributed by atoms with van der Waals surface area (Å²) in [5.41, 5.74) is 0. The van der Waals surface area contributed by atoms with Crippen molar-refractivity contribution in [2.24, 2.45) is 0 Å². The maximum Gasteiger partial charge on any atom is 1.00 e. The van der Waals surface area contributed by atoms with Crippen molar-refractivity contribution in [1.82, 2.24) is 0 Å². The van der Waals surface area contributed by atoms with Crippen molar-refractivity contribution in [3.8, 4) is 0 Å². The first kappa shape index (κ1) is 32.4. The van der Waals surface area contributed by atoms with Crippen molar-refractivity contribution in [2.45, 2.75) is 0 Å². The van der Waals surface area contributed by atoms with Crippen LogP contribution in [0.5, 0.6) is 0 Å². The molecule has 0 radical (unpaired) electrons. The second-order valence-electron chi connectivity index (χ2n) is 1.75. The van der Waals surface area contributed by atoms with Gasteiger partial charge in [-0.15, -0.1) is 0 Å². The van der Waals surface area contributed by atoms with Gasteiger partial charge in [-0.2, -0.15) is 0 Å². The van der Waals surface area contributed by atoms with E-state index in [-0.39, 0.29) is 103 Å². The van der Waals surface area contributed by atoms with E-state index >= 15 is 0 Å². The molecule has 17 heteroatoms. The molecule has 0 rings (SSSR count). The topological polar surface area (TPSA) is 248 Å². The molecule has 0 amide bonds. The quantitative estimate of drug-likeness (QED) is 0.180. The van der Waals surface area contributed by atoms with Gasteiger partial charge in [0.1, 0.15) is 9.05 Å². The van der Waals surface area contributed by atoms with E-state index in [0.29, 0.717) is 0 Å². The van der Waals surface area contributed by atoms with E-state index in [4.69, 9.17) is 57.5 Å². The van der Waals surface area contributed by atoms with Crippen LogP contribution in [0.15, 0.2) is 0 Å². The summed E-state index contributed by atoms with van der Waals surface area (Å²) in [6.07, 6.45) is 0. The molecule has 0 aromatic heterocycles. The first-order valence-electron chi connectivity index (χ1n) is 2.64. The van der Waals surface area contributed by atoms with Crippen LogP contribution in [0.3, 0.4) is 0 Å². The van der Waals surface area contributed by atoms with Crippen molar-refractivity contribution < 1.29 is 160 Å². The third-order valence-corrected chi connectivity index (χ3v) is 0. The number of hydrogen-bond acceptors (Lipinski definition) is 12. The zero-order chi connectivity index (χ0) is 13.5. The molecule has 0 spiro atoms. The van der Waals surface area contributed by atoms with Crippen LogP contribution in [-0.2, 0) is 0 Å². The Bertz CT molecular complexity index is 94.8. The molecule has 0 heterocycles. The molecule has 12 nitrogen and oxygen atoms in total. The Morgan fingerprint density at radius 2 is 0.471 bits per heavy atom. The van der Waals surface area contributed by atoms with Gasteiger partial charge in [-0.05, 0) is 0 Å². The normalized spacial score (nSPS) is 10.6. The Hall–Kier alpha value is 3.44. The minimum atomic E-state index is -5.11. The molecule has 0 aliphatic rings. The largest absolute Gasteiger partial charge is 1.00 e. The zero-order valence-corrected chi connectivity index (χ0v) is 18.0.